The molecule has 0 fully saturated rings. The highest BCUT2D eigenvalue weighted by Gasteiger charge is 2.13. The van der Waals surface area contributed by atoms with E-state index in [0.717, 1.165) is 22.2 Å². The molecule has 6 nitrogen and oxygen atoms in total. The molecular weight excluding hydrogens is 342 g/mol. The minimum atomic E-state index is -0.521. The molecule has 3 aromatic rings. The van der Waals surface area contributed by atoms with Gasteiger partial charge in [-0.3, -0.25) is 4.79 Å². The summed E-state index contributed by atoms with van der Waals surface area (Å²) in [4.78, 5) is 14.9. The highest BCUT2D eigenvalue weighted by Crippen LogP contribution is 2.36. The van der Waals surface area contributed by atoms with Crippen molar-refractivity contribution in [2.45, 2.75) is 33.6 Å². The van der Waals surface area contributed by atoms with Crippen LogP contribution in [0.4, 0.5) is 5.69 Å². The largest absolute Gasteiger partial charge is 0.493 e. The number of hydrogen-bond acceptors (Lipinski definition) is 4. The fourth-order valence-electron chi connectivity index (χ4n) is 2.90. The van der Waals surface area contributed by atoms with Gasteiger partial charge in [0.05, 0.1) is 5.52 Å². The lowest BCUT2D eigenvalue weighted by atomic mass is 10.0. The average Bonchev–Trinajstić information content (AvgIpc) is 2.92. The zero-order valence-corrected chi connectivity index (χ0v) is 15.9. The summed E-state index contributed by atoms with van der Waals surface area (Å²) in [5, 5.41) is 18.4. The van der Waals surface area contributed by atoms with E-state index in [0.29, 0.717) is 11.1 Å². The van der Waals surface area contributed by atoms with Crippen LogP contribution in [0.15, 0.2) is 46.6 Å². The van der Waals surface area contributed by atoms with Gasteiger partial charge >= 0.3 is 5.91 Å². The highest BCUT2D eigenvalue weighted by atomic mass is 16.5. The van der Waals surface area contributed by atoms with E-state index in [4.69, 9.17) is 4.74 Å². The molecule has 3 rings (SSSR count). The maximum atomic E-state index is 12.1. The van der Waals surface area contributed by atoms with Crippen LogP contribution in [0.3, 0.4) is 0 Å². The smallest absolute Gasteiger partial charge is 0.302 e. The van der Waals surface area contributed by atoms with Crippen molar-refractivity contribution in [1.29, 1.82) is 0 Å². The number of azo groups is 1. The maximum Gasteiger partial charge on any atom is 0.302 e. The van der Waals surface area contributed by atoms with Gasteiger partial charge in [0.2, 0.25) is 5.88 Å². The first kappa shape index (κ1) is 18.6. The van der Waals surface area contributed by atoms with E-state index in [-0.39, 0.29) is 24.1 Å². The van der Waals surface area contributed by atoms with Gasteiger partial charge in [-0.1, -0.05) is 37.6 Å². The lowest BCUT2D eigenvalue weighted by Gasteiger charge is -2.13. The second kappa shape index (κ2) is 7.61. The Kier molecular flexibility index (Phi) is 5.26. The summed E-state index contributed by atoms with van der Waals surface area (Å²) in [5.74, 6) is 0.323. The van der Waals surface area contributed by atoms with E-state index in [1.54, 1.807) is 0 Å². The molecule has 0 aliphatic carbocycles. The van der Waals surface area contributed by atoms with Gasteiger partial charge < -0.3 is 14.8 Å². The first-order chi connectivity index (χ1) is 12.8. The molecule has 0 aliphatic heterocycles. The number of aromatic nitrogens is 1. The molecule has 2 aromatic carbocycles. The molecule has 0 spiro atoms. The number of aromatic hydroxyl groups is 1. The van der Waals surface area contributed by atoms with Crippen LogP contribution >= 0.6 is 0 Å². The summed E-state index contributed by atoms with van der Waals surface area (Å²) in [6.07, 6.45) is 0. The van der Waals surface area contributed by atoms with Gasteiger partial charge in [0.1, 0.15) is 5.75 Å². The number of fused-ring (bicyclic) bond motifs is 1. The van der Waals surface area contributed by atoms with Gasteiger partial charge in [-0.05, 0) is 49.1 Å². The Balaban J connectivity index is 1.75. The number of ether oxygens (including phenoxy) is 1. The fraction of sp³-hybridized carbons (Fsp3) is 0.286. The fourth-order valence-corrected chi connectivity index (χ4v) is 2.90. The molecule has 2 N–H and O–H groups in total. The predicted octanol–water partition coefficient (Wildman–Crippen LogP) is 5.30. The van der Waals surface area contributed by atoms with Crippen LogP contribution in [0.25, 0.3) is 10.9 Å². The van der Waals surface area contributed by atoms with E-state index in [2.05, 4.69) is 29.1 Å². The number of rotatable bonds is 5. The molecule has 1 amide bonds. The lowest BCUT2D eigenvalue weighted by molar-refractivity contribution is -0.120. The molecular formula is C21H23N3O3. The van der Waals surface area contributed by atoms with Crippen LogP contribution in [0.2, 0.25) is 0 Å². The zero-order valence-electron chi connectivity index (χ0n) is 15.9. The molecule has 0 bridgehead atoms. The van der Waals surface area contributed by atoms with Gasteiger partial charge in [0.15, 0.2) is 12.3 Å². The molecule has 0 radical (unpaired) electrons. The Labute approximate surface area is 157 Å². The van der Waals surface area contributed by atoms with E-state index in [1.165, 1.54) is 0 Å². The van der Waals surface area contributed by atoms with Crippen molar-refractivity contribution in [3.05, 3.63) is 53.1 Å². The van der Waals surface area contributed by atoms with Crippen molar-refractivity contribution in [2.75, 3.05) is 6.61 Å². The number of nitrogens with one attached hydrogen (secondary N) is 1. The van der Waals surface area contributed by atoms with Crippen molar-refractivity contribution < 1.29 is 14.6 Å². The van der Waals surface area contributed by atoms with Gasteiger partial charge in [-0.15, -0.1) is 10.2 Å². The van der Waals surface area contributed by atoms with Crippen LogP contribution in [0.1, 0.15) is 36.5 Å². The van der Waals surface area contributed by atoms with E-state index in [9.17, 15) is 9.90 Å². The Morgan fingerprint density at radius 2 is 1.85 bits per heavy atom. The highest BCUT2D eigenvalue weighted by molar-refractivity contribution is 5.94. The van der Waals surface area contributed by atoms with Gasteiger partial charge in [0.25, 0.3) is 0 Å². The van der Waals surface area contributed by atoms with Gasteiger partial charge in [0, 0.05) is 5.39 Å². The number of amides is 1. The summed E-state index contributed by atoms with van der Waals surface area (Å²) in [7, 11) is 0. The third-order valence-corrected chi connectivity index (χ3v) is 4.31. The van der Waals surface area contributed by atoms with Crippen LogP contribution in [0.5, 0.6) is 11.6 Å². The topological polar surface area (TPSA) is 87.0 Å². The minimum absolute atomic E-state index is 0.117. The Bertz CT molecular complexity index is 1020. The molecule has 0 saturated heterocycles. The number of aryl methyl sites for hydroxylation is 2. The predicted molar refractivity (Wildman–Crippen MR) is 105 cm³/mol. The summed E-state index contributed by atoms with van der Waals surface area (Å²) >= 11 is 0. The summed E-state index contributed by atoms with van der Waals surface area (Å²) < 4.78 is 5.67. The van der Waals surface area contributed by atoms with Crippen molar-refractivity contribution >= 4 is 22.5 Å². The van der Waals surface area contributed by atoms with Gasteiger partial charge in [-0.2, -0.15) is 0 Å². The van der Waals surface area contributed by atoms with E-state index >= 15 is 0 Å². The Hall–Kier alpha value is -3.15. The number of hydrogen-bond donors (Lipinski definition) is 2. The number of benzene rings is 2. The van der Waals surface area contributed by atoms with Crippen LogP contribution < -0.4 is 4.74 Å². The molecule has 27 heavy (non-hydrogen) atoms. The van der Waals surface area contributed by atoms with Crippen molar-refractivity contribution in [1.82, 2.24) is 4.98 Å². The zero-order chi connectivity index (χ0) is 19.6. The number of nitrogens with zero attached hydrogens (tertiary/aromatic N) is 2. The summed E-state index contributed by atoms with van der Waals surface area (Å²) in [6, 6.07) is 11.6. The van der Waals surface area contributed by atoms with Crippen molar-refractivity contribution in [3.8, 4) is 11.6 Å². The quantitative estimate of drug-likeness (QED) is 0.601. The second-order valence-electron chi connectivity index (χ2n) is 6.95. The summed E-state index contributed by atoms with van der Waals surface area (Å²) in [6.45, 7) is 7.84. The third-order valence-electron chi connectivity index (χ3n) is 4.31. The molecule has 0 unspecified atom stereocenters. The molecule has 140 valence electrons. The average molecular weight is 365 g/mol. The Morgan fingerprint density at radius 1 is 1.15 bits per heavy atom. The SMILES string of the molecule is Cc1ccc(C(C)C)c(OCC(=O)N=Nc2c(O)[nH]c3ccc(C)cc23)c1. The first-order valence-corrected chi connectivity index (χ1v) is 8.84. The minimum Gasteiger partial charge on any atom is -0.493 e. The second-order valence-corrected chi connectivity index (χ2v) is 6.95. The standard InChI is InChI=1S/C21H23N3O3/c1-12(2)15-7-5-14(4)10-18(15)27-11-19(25)23-24-20-16-9-13(3)6-8-17(16)22-21(20)26/h5-10,12,22,26H,11H2,1-4H3. The molecule has 1 heterocycles. The van der Waals surface area contributed by atoms with E-state index < -0.39 is 5.91 Å². The molecule has 0 aliphatic rings. The van der Waals surface area contributed by atoms with Gasteiger partial charge in [-0.25, -0.2) is 0 Å². The third kappa shape index (κ3) is 4.16. The maximum absolute atomic E-state index is 12.1. The van der Waals surface area contributed by atoms with Crippen LogP contribution in [0, 0.1) is 13.8 Å². The van der Waals surface area contributed by atoms with Crippen molar-refractivity contribution in [2.24, 2.45) is 10.2 Å². The molecule has 6 heteroatoms. The van der Waals surface area contributed by atoms with Crippen LogP contribution in [-0.2, 0) is 4.79 Å². The number of H-pyrrole nitrogens is 1. The molecule has 0 saturated carbocycles. The van der Waals surface area contributed by atoms with E-state index in [1.807, 2.05) is 50.2 Å². The Morgan fingerprint density at radius 3 is 2.59 bits per heavy atom. The number of aromatic amines is 1. The lowest BCUT2D eigenvalue weighted by Crippen LogP contribution is -2.09. The molecule has 0 atom stereocenters. The normalized spacial score (nSPS) is 11.6. The monoisotopic (exact) mass is 365 g/mol. The number of carbonyl (C=O) groups excluding carboxylic acids is 1. The first-order valence-electron chi connectivity index (χ1n) is 8.84. The number of carbonyl (C=O) groups is 1. The summed E-state index contributed by atoms with van der Waals surface area (Å²) in [5.41, 5.74) is 4.10. The van der Waals surface area contributed by atoms with Crippen molar-refractivity contribution in [3.63, 3.8) is 0 Å². The molecule has 1 aromatic heterocycles. The van der Waals surface area contributed by atoms with Crippen LogP contribution in [-0.4, -0.2) is 22.6 Å².